The second kappa shape index (κ2) is 8.14. The zero-order valence-electron chi connectivity index (χ0n) is 14.1. The molecule has 0 unspecified atom stereocenters. The van der Waals surface area contributed by atoms with Gasteiger partial charge in [0.2, 0.25) is 5.91 Å². The van der Waals surface area contributed by atoms with Crippen LogP contribution in [0.2, 0.25) is 0 Å². The van der Waals surface area contributed by atoms with Crippen molar-refractivity contribution in [3.8, 4) is 0 Å². The fraction of sp³-hybridized carbons (Fsp3) is 0.941. The van der Waals surface area contributed by atoms with Crippen molar-refractivity contribution in [2.45, 2.75) is 77.7 Å². The van der Waals surface area contributed by atoms with Crippen molar-refractivity contribution in [1.29, 1.82) is 0 Å². The molecule has 0 radical (unpaired) electrons. The highest BCUT2D eigenvalue weighted by molar-refractivity contribution is 5.75. The number of rotatable bonds is 8. The minimum atomic E-state index is -0.686. The Kier molecular flexibility index (Phi) is 7.14. The maximum absolute atomic E-state index is 11.9. The van der Waals surface area contributed by atoms with Gasteiger partial charge in [0, 0.05) is 13.0 Å². The van der Waals surface area contributed by atoms with E-state index in [0.717, 1.165) is 44.4 Å². The molecule has 0 aromatic carbocycles. The van der Waals surface area contributed by atoms with Crippen LogP contribution in [0.25, 0.3) is 0 Å². The van der Waals surface area contributed by atoms with Crippen LogP contribution in [-0.2, 0) is 4.79 Å². The van der Waals surface area contributed by atoms with Crippen LogP contribution in [-0.4, -0.2) is 29.7 Å². The second-order valence-electron chi connectivity index (χ2n) is 7.56. The fourth-order valence-corrected chi connectivity index (χ4v) is 3.12. The lowest BCUT2D eigenvalue weighted by Gasteiger charge is -2.36. The standard InChI is InChI=1S/C17H34N2O2/c1-4-14-5-9-17(21,10-6-14)13-19-15(20)7-8-16(2,3)11-12-18/h14,21H,4-13,18H2,1-3H3,(H,19,20). The first-order chi connectivity index (χ1) is 9.80. The largest absolute Gasteiger partial charge is 0.388 e. The summed E-state index contributed by atoms with van der Waals surface area (Å²) in [4.78, 5) is 11.9. The van der Waals surface area contributed by atoms with E-state index in [9.17, 15) is 9.90 Å². The predicted octanol–water partition coefficient (Wildman–Crippen LogP) is 2.59. The smallest absolute Gasteiger partial charge is 0.220 e. The molecule has 1 fully saturated rings. The molecule has 0 saturated heterocycles. The molecule has 1 aliphatic carbocycles. The van der Waals surface area contributed by atoms with E-state index in [1.807, 2.05) is 0 Å². The molecule has 0 spiro atoms. The highest BCUT2D eigenvalue weighted by Gasteiger charge is 2.32. The quantitative estimate of drug-likeness (QED) is 0.644. The van der Waals surface area contributed by atoms with Gasteiger partial charge in [-0.15, -0.1) is 0 Å². The van der Waals surface area contributed by atoms with Gasteiger partial charge in [0.25, 0.3) is 0 Å². The SMILES string of the molecule is CCC1CCC(O)(CNC(=O)CCC(C)(C)CCN)CC1. The highest BCUT2D eigenvalue weighted by Crippen LogP contribution is 2.33. The molecule has 0 aromatic rings. The maximum atomic E-state index is 11.9. The van der Waals surface area contributed by atoms with Crippen LogP contribution < -0.4 is 11.1 Å². The van der Waals surface area contributed by atoms with Crippen molar-refractivity contribution < 1.29 is 9.90 Å². The van der Waals surface area contributed by atoms with Gasteiger partial charge >= 0.3 is 0 Å². The molecule has 21 heavy (non-hydrogen) atoms. The Labute approximate surface area is 129 Å². The Morgan fingerprint density at radius 2 is 1.95 bits per heavy atom. The van der Waals surface area contributed by atoms with E-state index in [1.165, 1.54) is 6.42 Å². The Morgan fingerprint density at radius 1 is 1.33 bits per heavy atom. The molecule has 1 aliphatic rings. The Morgan fingerprint density at radius 3 is 2.48 bits per heavy atom. The van der Waals surface area contributed by atoms with Crippen LogP contribution in [0.1, 0.15) is 72.1 Å². The van der Waals surface area contributed by atoms with E-state index >= 15 is 0 Å². The lowest BCUT2D eigenvalue weighted by atomic mass is 9.78. The Hall–Kier alpha value is -0.610. The maximum Gasteiger partial charge on any atom is 0.220 e. The van der Waals surface area contributed by atoms with E-state index in [4.69, 9.17) is 5.73 Å². The van der Waals surface area contributed by atoms with Gasteiger partial charge in [-0.05, 0) is 56.4 Å². The Bertz CT molecular complexity index is 321. The van der Waals surface area contributed by atoms with Crippen LogP contribution in [0.4, 0.5) is 0 Å². The molecule has 0 atom stereocenters. The number of hydrogen-bond donors (Lipinski definition) is 3. The van der Waals surface area contributed by atoms with Crippen molar-refractivity contribution in [2.75, 3.05) is 13.1 Å². The van der Waals surface area contributed by atoms with Crippen molar-refractivity contribution in [2.24, 2.45) is 17.1 Å². The average molecular weight is 298 g/mol. The lowest BCUT2D eigenvalue weighted by molar-refractivity contribution is -0.123. The topological polar surface area (TPSA) is 75.3 Å². The third-order valence-corrected chi connectivity index (χ3v) is 5.08. The van der Waals surface area contributed by atoms with Gasteiger partial charge in [-0.1, -0.05) is 27.2 Å². The zero-order valence-corrected chi connectivity index (χ0v) is 14.1. The van der Waals surface area contributed by atoms with Crippen molar-refractivity contribution in [1.82, 2.24) is 5.32 Å². The van der Waals surface area contributed by atoms with Gasteiger partial charge in [0.15, 0.2) is 0 Å². The van der Waals surface area contributed by atoms with E-state index in [2.05, 4.69) is 26.1 Å². The van der Waals surface area contributed by atoms with Crippen molar-refractivity contribution >= 4 is 5.91 Å². The van der Waals surface area contributed by atoms with Crippen LogP contribution in [0.3, 0.4) is 0 Å². The number of amides is 1. The molecule has 0 aliphatic heterocycles. The predicted molar refractivity (Wildman–Crippen MR) is 86.9 cm³/mol. The molecule has 124 valence electrons. The van der Waals surface area contributed by atoms with Gasteiger partial charge in [-0.3, -0.25) is 4.79 Å². The van der Waals surface area contributed by atoms with E-state index in [-0.39, 0.29) is 11.3 Å². The van der Waals surface area contributed by atoms with Gasteiger partial charge in [-0.2, -0.15) is 0 Å². The summed E-state index contributed by atoms with van der Waals surface area (Å²) >= 11 is 0. The van der Waals surface area contributed by atoms with Gasteiger partial charge in [0.1, 0.15) is 0 Å². The highest BCUT2D eigenvalue weighted by atomic mass is 16.3. The molecule has 1 amide bonds. The number of nitrogens with one attached hydrogen (secondary N) is 1. The summed E-state index contributed by atoms with van der Waals surface area (Å²) in [5.41, 5.74) is 5.01. The molecule has 4 nitrogen and oxygen atoms in total. The van der Waals surface area contributed by atoms with E-state index in [0.29, 0.717) is 19.5 Å². The number of carbonyl (C=O) groups is 1. The summed E-state index contributed by atoms with van der Waals surface area (Å²) in [6.07, 6.45) is 7.25. The minimum Gasteiger partial charge on any atom is -0.388 e. The van der Waals surface area contributed by atoms with Crippen molar-refractivity contribution in [3.63, 3.8) is 0 Å². The number of aliphatic hydroxyl groups is 1. The van der Waals surface area contributed by atoms with Gasteiger partial charge in [0.05, 0.1) is 5.60 Å². The zero-order chi connectivity index (χ0) is 15.9. The summed E-state index contributed by atoms with van der Waals surface area (Å²) < 4.78 is 0. The van der Waals surface area contributed by atoms with E-state index in [1.54, 1.807) is 0 Å². The fourth-order valence-electron chi connectivity index (χ4n) is 3.12. The summed E-state index contributed by atoms with van der Waals surface area (Å²) in [5, 5.41) is 13.4. The third-order valence-electron chi connectivity index (χ3n) is 5.08. The van der Waals surface area contributed by atoms with Crippen LogP contribution in [0, 0.1) is 11.3 Å². The number of hydrogen-bond acceptors (Lipinski definition) is 3. The average Bonchev–Trinajstić information content (AvgIpc) is 2.44. The molecule has 1 saturated carbocycles. The van der Waals surface area contributed by atoms with Gasteiger partial charge < -0.3 is 16.2 Å². The first-order valence-corrected chi connectivity index (χ1v) is 8.49. The Balaban J connectivity index is 2.27. The van der Waals surface area contributed by atoms with Crippen molar-refractivity contribution in [3.05, 3.63) is 0 Å². The molecule has 1 rings (SSSR count). The van der Waals surface area contributed by atoms with Crippen LogP contribution >= 0.6 is 0 Å². The molecule has 4 N–H and O–H groups in total. The summed E-state index contributed by atoms with van der Waals surface area (Å²) in [7, 11) is 0. The molecule has 0 heterocycles. The molecular weight excluding hydrogens is 264 g/mol. The van der Waals surface area contributed by atoms with Crippen LogP contribution in [0.15, 0.2) is 0 Å². The minimum absolute atomic E-state index is 0.0473. The third kappa shape index (κ3) is 6.79. The first kappa shape index (κ1) is 18.4. The molecular formula is C17H34N2O2. The summed E-state index contributed by atoms with van der Waals surface area (Å²) in [6, 6.07) is 0. The number of nitrogens with two attached hydrogens (primary N) is 1. The lowest BCUT2D eigenvalue weighted by Crippen LogP contribution is -2.45. The molecule has 0 bridgehead atoms. The van der Waals surface area contributed by atoms with E-state index < -0.39 is 5.60 Å². The van der Waals surface area contributed by atoms with Gasteiger partial charge in [-0.25, -0.2) is 0 Å². The summed E-state index contributed by atoms with van der Waals surface area (Å²) in [5.74, 6) is 0.796. The number of carbonyl (C=O) groups excluding carboxylic acids is 1. The molecule has 4 heteroatoms. The van der Waals surface area contributed by atoms with Crippen LogP contribution in [0.5, 0.6) is 0 Å². The molecule has 0 aromatic heterocycles. The normalized spacial score (nSPS) is 26.6. The second-order valence-corrected chi connectivity index (χ2v) is 7.56. The monoisotopic (exact) mass is 298 g/mol. The first-order valence-electron chi connectivity index (χ1n) is 8.49. The summed E-state index contributed by atoms with van der Waals surface area (Å²) in [6.45, 7) is 7.56.